The van der Waals surface area contributed by atoms with E-state index in [0.29, 0.717) is 28.1 Å². The fourth-order valence-corrected chi connectivity index (χ4v) is 2.43. The van der Waals surface area contributed by atoms with Gasteiger partial charge in [-0.25, -0.2) is 0 Å². The molecule has 3 aromatic rings. The molecule has 1 N–H and O–H groups in total. The van der Waals surface area contributed by atoms with Gasteiger partial charge in [-0.05, 0) is 25.1 Å². The summed E-state index contributed by atoms with van der Waals surface area (Å²) in [6.45, 7) is 2.11. The third-order valence-corrected chi connectivity index (χ3v) is 3.82. The summed E-state index contributed by atoms with van der Waals surface area (Å²) < 4.78 is 10.4. The van der Waals surface area contributed by atoms with Crippen molar-refractivity contribution in [2.24, 2.45) is 0 Å². The number of methoxy groups -OCH3 is 1. The third-order valence-electron chi connectivity index (χ3n) is 3.58. The Morgan fingerprint density at radius 3 is 2.72 bits per heavy atom. The van der Waals surface area contributed by atoms with E-state index in [9.17, 15) is 4.79 Å². The maximum Gasteiger partial charge on any atom is 0.255 e. The largest absolute Gasteiger partial charge is 0.496 e. The van der Waals surface area contributed by atoms with Crippen molar-refractivity contribution in [3.8, 4) is 17.1 Å². The molecule has 0 unspecified atom stereocenters. The van der Waals surface area contributed by atoms with Crippen molar-refractivity contribution in [1.82, 2.24) is 15.5 Å². The maximum absolute atomic E-state index is 12.3. The molecule has 25 heavy (non-hydrogen) atoms. The Morgan fingerprint density at radius 1 is 1.24 bits per heavy atom. The molecule has 2 aromatic carbocycles. The minimum atomic E-state index is -0.338. The zero-order chi connectivity index (χ0) is 17.8. The quantitative estimate of drug-likeness (QED) is 0.754. The zero-order valence-corrected chi connectivity index (χ0v) is 14.5. The van der Waals surface area contributed by atoms with E-state index in [0.717, 1.165) is 11.1 Å². The van der Waals surface area contributed by atoms with E-state index in [1.165, 1.54) is 7.11 Å². The molecule has 0 aliphatic heterocycles. The highest BCUT2D eigenvalue weighted by molar-refractivity contribution is 6.31. The SMILES string of the molecule is COc1ccc(Cl)cc1C(=O)NCc1nc(-c2ccc(C)cc2)no1. The van der Waals surface area contributed by atoms with E-state index in [1.807, 2.05) is 31.2 Å². The molecule has 0 radical (unpaired) electrons. The molecule has 0 atom stereocenters. The Balaban J connectivity index is 1.69. The van der Waals surface area contributed by atoms with Crippen LogP contribution in [0.4, 0.5) is 0 Å². The van der Waals surface area contributed by atoms with E-state index in [1.54, 1.807) is 18.2 Å². The van der Waals surface area contributed by atoms with Crippen LogP contribution in [-0.4, -0.2) is 23.2 Å². The Kier molecular flexibility index (Phi) is 5.00. The minimum absolute atomic E-state index is 0.105. The molecule has 7 heteroatoms. The predicted octanol–water partition coefficient (Wildman–Crippen LogP) is 3.64. The van der Waals surface area contributed by atoms with Crippen LogP contribution in [0.2, 0.25) is 5.02 Å². The molecule has 0 fully saturated rings. The van der Waals surface area contributed by atoms with Crippen molar-refractivity contribution in [2.45, 2.75) is 13.5 Å². The normalized spacial score (nSPS) is 10.5. The lowest BCUT2D eigenvalue weighted by atomic mass is 10.1. The predicted molar refractivity (Wildman–Crippen MR) is 93.6 cm³/mol. The summed E-state index contributed by atoms with van der Waals surface area (Å²) in [5.41, 5.74) is 2.34. The van der Waals surface area contributed by atoms with Crippen LogP contribution in [0.25, 0.3) is 11.4 Å². The Morgan fingerprint density at radius 2 is 2.00 bits per heavy atom. The van der Waals surface area contributed by atoms with Crippen molar-refractivity contribution in [1.29, 1.82) is 0 Å². The minimum Gasteiger partial charge on any atom is -0.496 e. The number of benzene rings is 2. The van der Waals surface area contributed by atoms with Gasteiger partial charge >= 0.3 is 0 Å². The molecule has 0 saturated heterocycles. The molecule has 1 aromatic heterocycles. The van der Waals surface area contributed by atoms with Gasteiger partial charge in [0.05, 0.1) is 19.2 Å². The van der Waals surface area contributed by atoms with Crippen LogP contribution >= 0.6 is 11.6 Å². The van der Waals surface area contributed by atoms with Crippen molar-refractivity contribution >= 4 is 17.5 Å². The Labute approximate surface area is 149 Å². The lowest BCUT2D eigenvalue weighted by Gasteiger charge is -2.08. The van der Waals surface area contributed by atoms with Gasteiger partial charge in [0, 0.05) is 10.6 Å². The number of aryl methyl sites for hydroxylation is 1. The molecule has 0 aliphatic rings. The second-order valence-corrected chi connectivity index (χ2v) is 5.84. The number of nitrogens with zero attached hydrogens (tertiary/aromatic N) is 2. The average Bonchev–Trinajstić information content (AvgIpc) is 3.09. The van der Waals surface area contributed by atoms with Crippen LogP contribution in [0.5, 0.6) is 5.75 Å². The van der Waals surface area contributed by atoms with E-state index >= 15 is 0 Å². The Hall–Kier alpha value is -2.86. The molecule has 3 rings (SSSR count). The average molecular weight is 358 g/mol. The first-order valence-electron chi connectivity index (χ1n) is 7.58. The number of carbonyl (C=O) groups excluding carboxylic acids is 1. The maximum atomic E-state index is 12.3. The van der Waals surface area contributed by atoms with Gasteiger partial charge in [-0.2, -0.15) is 4.98 Å². The molecule has 6 nitrogen and oxygen atoms in total. The summed E-state index contributed by atoms with van der Waals surface area (Å²) in [6, 6.07) is 12.6. The fourth-order valence-electron chi connectivity index (χ4n) is 2.26. The summed E-state index contributed by atoms with van der Waals surface area (Å²) in [6.07, 6.45) is 0. The van der Waals surface area contributed by atoms with Crippen LogP contribution in [0.1, 0.15) is 21.8 Å². The number of aromatic nitrogens is 2. The number of hydrogen-bond acceptors (Lipinski definition) is 5. The van der Waals surface area contributed by atoms with Crippen LogP contribution in [-0.2, 0) is 6.54 Å². The third kappa shape index (κ3) is 3.97. The number of amides is 1. The number of ether oxygens (including phenoxy) is 1. The lowest BCUT2D eigenvalue weighted by molar-refractivity contribution is 0.0943. The van der Waals surface area contributed by atoms with Gasteiger partial charge in [-0.15, -0.1) is 0 Å². The van der Waals surface area contributed by atoms with E-state index in [4.69, 9.17) is 20.9 Å². The summed E-state index contributed by atoms with van der Waals surface area (Å²) >= 11 is 5.94. The van der Waals surface area contributed by atoms with Gasteiger partial charge in [0.15, 0.2) is 0 Å². The van der Waals surface area contributed by atoms with E-state index < -0.39 is 0 Å². The molecular formula is C18H16ClN3O3. The molecule has 0 saturated carbocycles. The standard InChI is InChI=1S/C18H16ClN3O3/c1-11-3-5-12(6-4-11)17-21-16(25-22-17)10-20-18(23)14-9-13(19)7-8-15(14)24-2/h3-9H,10H2,1-2H3,(H,20,23). The van der Waals surface area contributed by atoms with Crippen molar-refractivity contribution in [3.05, 3.63) is 64.5 Å². The summed E-state index contributed by atoms with van der Waals surface area (Å²) in [4.78, 5) is 16.6. The zero-order valence-electron chi connectivity index (χ0n) is 13.7. The lowest BCUT2D eigenvalue weighted by Crippen LogP contribution is -2.23. The van der Waals surface area contributed by atoms with Gasteiger partial charge in [0.2, 0.25) is 11.7 Å². The molecule has 0 spiro atoms. The van der Waals surface area contributed by atoms with Crippen molar-refractivity contribution in [2.75, 3.05) is 7.11 Å². The van der Waals surface area contributed by atoms with Gasteiger partial charge in [0.25, 0.3) is 5.91 Å². The van der Waals surface area contributed by atoms with Gasteiger partial charge in [0.1, 0.15) is 5.75 Å². The molecular weight excluding hydrogens is 342 g/mol. The first kappa shape index (κ1) is 17.0. The number of nitrogens with one attached hydrogen (secondary N) is 1. The molecule has 1 amide bonds. The summed E-state index contributed by atoms with van der Waals surface area (Å²) in [5, 5.41) is 7.10. The van der Waals surface area contributed by atoms with E-state index in [2.05, 4.69) is 15.5 Å². The number of rotatable bonds is 5. The van der Waals surface area contributed by atoms with E-state index in [-0.39, 0.29) is 12.5 Å². The molecule has 1 heterocycles. The van der Waals surface area contributed by atoms with Crippen LogP contribution < -0.4 is 10.1 Å². The van der Waals surface area contributed by atoms with Crippen molar-refractivity contribution < 1.29 is 14.1 Å². The fraction of sp³-hybridized carbons (Fsp3) is 0.167. The first-order valence-corrected chi connectivity index (χ1v) is 7.96. The van der Waals surface area contributed by atoms with Gasteiger partial charge in [-0.1, -0.05) is 46.6 Å². The van der Waals surface area contributed by atoms with Gasteiger partial charge in [-0.3, -0.25) is 4.79 Å². The second-order valence-electron chi connectivity index (χ2n) is 5.41. The number of hydrogen-bond donors (Lipinski definition) is 1. The molecule has 128 valence electrons. The highest BCUT2D eigenvalue weighted by Gasteiger charge is 2.15. The second kappa shape index (κ2) is 7.36. The number of halogens is 1. The smallest absolute Gasteiger partial charge is 0.255 e. The molecule has 0 aliphatic carbocycles. The van der Waals surface area contributed by atoms with Gasteiger partial charge < -0.3 is 14.6 Å². The summed E-state index contributed by atoms with van der Waals surface area (Å²) in [5.74, 6) is 0.886. The first-order chi connectivity index (χ1) is 12.1. The monoisotopic (exact) mass is 357 g/mol. The Bertz CT molecular complexity index is 891. The highest BCUT2D eigenvalue weighted by atomic mass is 35.5. The highest BCUT2D eigenvalue weighted by Crippen LogP contribution is 2.22. The van der Waals surface area contributed by atoms with Crippen LogP contribution in [0.15, 0.2) is 47.0 Å². The van der Waals surface area contributed by atoms with Crippen LogP contribution in [0.3, 0.4) is 0 Å². The molecule has 0 bridgehead atoms. The topological polar surface area (TPSA) is 77.2 Å². The number of carbonyl (C=O) groups is 1. The van der Waals surface area contributed by atoms with Crippen molar-refractivity contribution in [3.63, 3.8) is 0 Å². The van der Waals surface area contributed by atoms with Crippen LogP contribution in [0, 0.1) is 6.92 Å². The summed E-state index contributed by atoms with van der Waals surface area (Å²) in [7, 11) is 1.49.